The van der Waals surface area contributed by atoms with E-state index >= 15 is 0 Å². The molecule has 10 heteroatoms. The van der Waals surface area contributed by atoms with Gasteiger partial charge < -0.3 is 33.9 Å². The predicted molar refractivity (Wildman–Crippen MR) is 148 cm³/mol. The average Bonchev–Trinajstić information content (AvgIpc) is 3.56. The second-order valence-corrected chi connectivity index (χ2v) is 12.7. The monoisotopic (exact) mass is 573 g/mol. The van der Waals surface area contributed by atoms with Crippen molar-refractivity contribution < 1.29 is 43.5 Å². The quantitative estimate of drug-likeness (QED) is 0.403. The predicted octanol–water partition coefficient (Wildman–Crippen LogP) is 3.36. The summed E-state index contributed by atoms with van der Waals surface area (Å²) in [6.07, 6.45) is 3.53. The van der Waals surface area contributed by atoms with Crippen LogP contribution < -0.4 is 9.47 Å². The van der Waals surface area contributed by atoms with Crippen LogP contribution in [0.15, 0.2) is 24.0 Å². The van der Waals surface area contributed by atoms with E-state index in [1.54, 1.807) is 34.8 Å². The van der Waals surface area contributed by atoms with Crippen LogP contribution in [-0.4, -0.2) is 83.0 Å². The SMILES string of the molecule is COC1=CC23CCCN2CCc2cc4c(cc2[C@@H]3C1OC(=O)[C@@](O)(CCCC(C)(C)O)CC(=O)OC(C)C)OCO4. The molecule has 2 unspecified atom stereocenters. The van der Waals surface area contributed by atoms with Crippen LogP contribution in [-0.2, 0) is 30.2 Å². The van der Waals surface area contributed by atoms with E-state index in [4.69, 9.17) is 23.7 Å². The number of methoxy groups -OCH3 is 1. The molecular formula is C31H43NO9. The van der Waals surface area contributed by atoms with Gasteiger partial charge in [-0.15, -0.1) is 0 Å². The summed E-state index contributed by atoms with van der Waals surface area (Å²) in [7, 11) is 1.56. The molecule has 1 saturated heterocycles. The van der Waals surface area contributed by atoms with E-state index in [2.05, 4.69) is 11.0 Å². The molecule has 3 aliphatic heterocycles. The molecule has 1 aromatic rings. The van der Waals surface area contributed by atoms with Gasteiger partial charge in [0.05, 0.1) is 36.7 Å². The molecule has 0 aromatic heterocycles. The van der Waals surface area contributed by atoms with Gasteiger partial charge in [-0.1, -0.05) is 0 Å². The number of nitrogens with zero attached hydrogens (tertiary/aromatic N) is 1. The lowest BCUT2D eigenvalue weighted by atomic mass is 9.77. The minimum atomic E-state index is -2.14. The third-order valence-electron chi connectivity index (χ3n) is 8.76. The van der Waals surface area contributed by atoms with Crippen LogP contribution in [0.4, 0.5) is 0 Å². The smallest absolute Gasteiger partial charge is 0.339 e. The van der Waals surface area contributed by atoms with Gasteiger partial charge in [-0.05, 0) is 102 Å². The maximum atomic E-state index is 13.9. The maximum Gasteiger partial charge on any atom is 0.339 e. The average molecular weight is 574 g/mol. The van der Waals surface area contributed by atoms with Crippen molar-refractivity contribution in [2.45, 2.75) is 108 Å². The summed E-state index contributed by atoms with van der Waals surface area (Å²) in [6.45, 7) is 8.64. The van der Waals surface area contributed by atoms with Crippen molar-refractivity contribution in [1.82, 2.24) is 4.90 Å². The number of fused-ring (bicyclic) bond motifs is 3. The van der Waals surface area contributed by atoms with Gasteiger partial charge in [-0.3, -0.25) is 9.69 Å². The van der Waals surface area contributed by atoms with Crippen LogP contribution in [0.2, 0.25) is 0 Å². The number of aliphatic hydroxyl groups is 2. The lowest BCUT2D eigenvalue weighted by molar-refractivity contribution is -0.180. The fourth-order valence-corrected chi connectivity index (χ4v) is 6.94. The number of rotatable bonds is 10. The van der Waals surface area contributed by atoms with Crippen LogP contribution in [0.5, 0.6) is 11.5 Å². The number of benzene rings is 1. The molecule has 226 valence electrons. The van der Waals surface area contributed by atoms with Gasteiger partial charge in [0.2, 0.25) is 6.79 Å². The fraction of sp³-hybridized carbons (Fsp3) is 0.677. The summed E-state index contributed by atoms with van der Waals surface area (Å²) in [4.78, 5) is 29.0. The largest absolute Gasteiger partial charge is 0.497 e. The van der Waals surface area contributed by atoms with Gasteiger partial charge in [-0.2, -0.15) is 0 Å². The van der Waals surface area contributed by atoms with Crippen molar-refractivity contribution in [2.75, 3.05) is 27.0 Å². The first-order valence-corrected chi connectivity index (χ1v) is 14.6. The van der Waals surface area contributed by atoms with E-state index in [1.165, 1.54) is 0 Å². The molecule has 5 rings (SSSR count). The summed E-state index contributed by atoms with van der Waals surface area (Å²) < 4.78 is 28.7. The zero-order valence-corrected chi connectivity index (χ0v) is 24.7. The highest BCUT2D eigenvalue weighted by atomic mass is 16.7. The topological polar surface area (TPSA) is 124 Å². The number of hydrogen-bond acceptors (Lipinski definition) is 10. The molecule has 1 fully saturated rings. The van der Waals surface area contributed by atoms with Crippen LogP contribution in [0.3, 0.4) is 0 Å². The standard InChI is InChI=1S/C31H43NO9/c1-19(2)40-25(33)17-31(36,11-6-9-29(3,4)35)28(34)41-27-24(37-5)16-30-10-7-12-32(30)13-8-20-14-22-23(39-18-38-22)15-21(20)26(27)30/h14-16,19,26-27,35-36H,6-13,17-18H2,1-5H3/t26-,27?,30?,31-/m1/s1. The second-order valence-electron chi connectivity index (χ2n) is 12.7. The van der Waals surface area contributed by atoms with E-state index in [0.29, 0.717) is 30.1 Å². The Hall–Kier alpha value is -2.82. The van der Waals surface area contributed by atoms with Crippen molar-refractivity contribution in [2.24, 2.45) is 0 Å². The van der Waals surface area contributed by atoms with E-state index in [1.807, 2.05) is 12.1 Å². The number of hydrogen-bond donors (Lipinski definition) is 2. The van der Waals surface area contributed by atoms with E-state index in [0.717, 1.165) is 43.5 Å². The Morgan fingerprint density at radius 1 is 1.15 bits per heavy atom. The number of carbonyl (C=O) groups is 2. The Balaban J connectivity index is 1.49. The van der Waals surface area contributed by atoms with E-state index in [9.17, 15) is 19.8 Å². The highest BCUT2D eigenvalue weighted by Gasteiger charge is 2.59. The fourth-order valence-electron chi connectivity index (χ4n) is 6.94. The molecule has 3 heterocycles. The zero-order chi connectivity index (χ0) is 29.6. The molecule has 4 aliphatic rings. The molecule has 1 aliphatic carbocycles. The molecule has 4 atom stereocenters. The molecule has 41 heavy (non-hydrogen) atoms. The summed E-state index contributed by atoms with van der Waals surface area (Å²) >= 11 is 0. The number of ether oxygens (including phenoxy) is 5. The first-order chi connectivity index (χ1) is 19.3. The van der Waals surface area contributed by atoms with Crippen LogP contribution in [0.1, 0.15) is 83.3 Å². The third-order valence-corrected chi connectivity index (χ3v) is 8.76. The molecule has 0 radical (unpaired) electrons. The van der Waals surface area contributed by atoms with Gasteiger partial charge in [0.15, 0.2) is 23.2 Å². The van der Waals surface area contributed by atoms with Crippen LogP contribution in [0, 0.1) is 0 Å². The van der Waals surface area contributed by atoms with Gasteiger partial charge in [-0.25, -0.2) is 4.79 Å². The Kier molecular flexibility index (Phi) is 8.04. The molecule has 1 aromatic carbocycles. The van der Waals surface area contributed by atoms with Crippen LogP contribution >= 0.6 is 0 Å². The van der Waals surface area contributed by atoms with Crippen molar-refractivity contribution in [1.29, 1.82) is 0 Å². The minimum absolute atomic E-state index is 0.0705. The third kappa shape index (κ3) is 5.79. The summed E-state index contributed by atoms with van der Waals surface area (Å²) in [5.74, 6) is -0.0295. The highest BCUT2D eigenvalue weighted by molar-refractivity contribution is 5.86. The summed E-state index contributed by atoms with van der Waals surface area (Å²) in [5.41, 5.74) is -1.45. The van der Waals surface area contributed by atoms with Gasteiger partial charge in [0.25, 0.3) is 0 Å². The summed E-state index contributed by atoms with van der Waals surface area (Å²) in [6, 6.07) is 4.01. The molecular weight excluding hydrogens is 530 g/mol. The van der Waals surface area contributed by atoms with Gasteiger partial charge in [0, 0.05) is 6.54 Å². The number of esters is 2. The van der Waals surface area contributed by atoms with E-state index in [-0.39, 0.29) is 19.1 Å². The Morgan fingerprint density at radius 3 is 2.56 bits per heavy atom. The molecule has 0 bridgehead atoms. The molecule has 10 nitrogen and oxygen atoms in total. The Bertz CT molecular complexity index is 1200. The Morgan fingerprint density at radius 2 is 1.88 bits per heavy atom. The molecule has 0 saturated carbocycles. The lowest BCUT2D eigenvalue weighted by Crippen LogP contribution is -2.49. The number of carbonyl (C=O) groups excluding carboxylic acids is 2. The second kappa shape index (κ2) is 11.1. The molecule has 0 amide bonds. The Labute approximate surface area is 241 Å². The molecule has 1 spiro atoms. The normalized spacial score (nSPS) is 26.4. The van der Waals surface area contributed by atoms with Crippen LogP contribution in [0.25, 0.3) is 0 Å². The van der Waals surface area contributed by atoms with Crippen molar-refractivity contribution in [3.8, 4) is 11.5 Å². The zero-order valence-electron chi connectivity index (χ0n) is 24.7. The highest BCUT2D eigenvalue weighted by Crippen LogP contribution is 2.55. The molecule has 2 N–H and O–H groups in total. The van der Waals surface area contributed by atoms with Crippen molar-refractivity contribution >= 4 is 11.9 Å². The van der Waals surface area contributed by atoms with Gasteiger partial charge in [0.1, 0.15) is 5.76 Å². The first-order valence-electron chi connectivity index (χ1n) is 14.6. The van der Waals surface area contributed by atoms with Crippen molar-refractivity contribution in [3.63, 3.8) is 0 Å². The van der Waals surface area contributed by atoms with E-state index < -0.39 is 47.3 Å². The van der Waals surface area contributed by atoms with Crippen molar-refractivity contribution in [3.05, 3.63) is 35.1 Å². The van der Waals surface area contributed by atoms with Gasteiger partial charge >= 0.3 is 11.9 Å². The summed E-state index contributed by atoms with van der Waals surface area (Å²) in [5, 5.41) is 21.9. The maximum absolute atomic E-state index is 13.9. The lowest BCUT2D eigenvalue weighted by Gasteiger charge is -2.39. The first kappa shape index (κ1) is 29.7. The minimum Gasteiger partial charge on any atom is -0.497 e.